The number of hydrogen-bond acceptors (Lipinski definition) is 8. The number of piperidine rings is 1. The molecule has 42 heavy (non-hydrogen) atoms. The number of nitrogens with zero attached hydrogens (tertiary/aromatic N) is 5. The van der Waals surface area contributed by atoms with Crippen LogP contribution in [0.4, 0.5) is 23.4 Å². The highest BCUT2D eigenvalue weighted by Gasteiger charge is 2.32. The van der Waals surface area contributed by atoms with E-state index >= 15 is 0 Å². The van der Waals surface area contributed by atoms with Gasteiger partial charge in [0.1, 0.15) is 42.3 Å². The fourth-order valence-corrected chi connectivity index (χ4v) is 7.12. The normalized spacial score (nSPS) is 18.5. The van der Waals surface area contributed by atoms with Crippen LogP contribution in [-0.4, -0.2) is 64.9 Å². The van der Waals surface area contributed by atoms with Crippen molar-refractivity contribution in [3.63, 3.8) is 0 Å². The summed E-state index contributed by atoms with van der Waals surface area (Å²) >= 11 is 7.83. The maximum atomic E-state index is 13.3. The highest BCUT2D eigenvalue weighted by atomic mass is 35.5. The van der Waals surface area contributed by atoms with E-state index < -0.39 is 58.7 Å². The molecule has 10 nitrogen and oxygen atoms in total. The molecule has 1 N–H and O–H groups in total. The van der Waals surface area contributed by atoms with Gasteiger partial charge in [-0.25, -0.2) is 22.5 Å². The van der Waals surface area contributed by atoms with Gasteiger partial charge in [0.2, 0.25) is 5.91 Å². The molecule has 2 aliphatic rings. The number of alkyl halides is 4. The van der Waals surface area contributed by atoms with Crippen molar-refractivity contribution in [2.75, 3.05) is 31.3 Å². The molecule has 0 radical (unpaired) electrons. The number of rotatable bonds is 9. The number of thiazole rings is 1. The second kappa shape index (κ2) is 12.4. The average Bonchev–Trinajstić information content (AvgIpc) is 3.68. The zero-order chi connectivity index (χ0) is 30.2. The summed E-state index contributed by atoms with van der Waals surface area (Å²) in [6, 6.07) is 5.43. The Morgan fingerprint density at radius 1 is 1.19 bits per heavy atom. The summed E-state index contributed by atoms with van der Waals surface area (Å²) < 4.78 is 91.3. The number of carbonyl (C=O) groups excluding carboxylic acids is 1. The molecular weight excluding hydrogens is 626 g/mol. The zero-order valence-electron chi connectivity index (χ0n) is 21.9. The molecule has 5 rings (SSSR count). The van der Waals surface area contributed by atoms with Crippen LogP contribution >= 0.6 is 22.9 Å². The molecule has 228 valence electrons. The quantitative estimate of drug-likeness (QED) is 0.248. The Balaban J connectivity index is 1.19. The first-order valence-electron chi connectivity index (χ1n) is 12.9. The lowest BCUT2D eigenvalue weighted by Gasteiger charge is -2.31. The summed E-state index contributed by atoms with van der Waals surface area (Å²) in [5.41, 5.74) is -0.671. The Bertz CT molecular complexity index is 1550. The molecule has 0 aliphatic carbocycles. The first-order valence-corrected chi connectivity index (χ1v) is 15.7. The first-order chi connectivity index (χ1) is 19.9. The Labute approximate surface area is 247 Å². The minimum atomic E-state index is -4.28. The van der Waals surface area contributed by atoms with E-state index in [4.69, 9.17) is 21.3 Å². The number of anilines is 1. The molecule has 1 amide bonds. The van der Waals surface area contributed by atoms with Gasteiger partial charge in [0.25, 0.3) is 23.0 Å². The van der Waals surface area contributed by atoms with Crippen molar-refractivity contribution in [2.24, 2.45) is 0 Å². The van der Waals surface area contributed by atoms with E-state index in [-0.39, 0.29) is 12.6 Å². The Kier molecular flexibility index (Phi) is 9.08. The van der Waals surface area contributed by atoms with Crippen LogP contribution in [0.5, 0.6) is 0 Å². The fourth-order valence-electron chi connectivity index (χ4n) is 5.16. The molecule has 1 unspecified atom stereocenters. The molecule has 17 heteroatoms. The number of benzene rings is 1. The van der Waals surface area contributed by atoms with E-state index in [1.807, 2.05) is 10.3 Å². The minimum Gasteiger partial charge on any atom is -0.351 e. The molecule has 4 heterocycles. The summed E-state index contributed by atoms with van der Waals surface area (Å²) in [7, 11) is -4.28. The van der Waals surface area contributed by atoms with E-state index in [0.717, 1.165) is 5.01 Å². The van der Waals surface area contributed by atoms with Crippen LogP contribution in [0.25, 0.3) is 0 Å². The van der Waals surface area contributed by atoms with Crippen LogP contribution in [0, 0.1) is 0 Å². The van der Waals surface area contributed by atoms with E-state index in [2.05, 4.69) is 5.10 Å². The molecule has 2 aliphatic heterocycles. The SMILES string of the molecule is O=C(Cn1nc(C(F)F)cc1C(F)F)N1CCC(c2nc(N3COC(c4c(Cl)cccc4CS(=O)(=O)O)C3)cs2)CC1. The summed E-state index contributed by atoms with van der Waals surface area (Å²) in [5.74, 6) is -0.333. The molecule has 0 bridgehead atoms. The molecule has 0 saturated carbocycles. The van der Waals surface area contributed by atoms with Crippen molar-refractivity contribution in [2.45, 2.75) is 50.0 Å². The van der Waals surface area contributed by atoms with Crippen molar-refractivity contribution in [3.8, 4) is 0 Å². The smallest absolute Gasteiger partial charge is 0.282 e. The lowest BCUT2D eigenvalue weighted by atomic mass is 9.97. The number of halogens is 5. The zero-order valence-corrected chi connectivity index (χ0v) is 24.3. The van der Waals surface area contributed by atoms with Gasteiger partial charge in [-0.1, -0.05) is 23.7 Å². The van der Waals surface area contributed by atoms with Crippen molar-refractivity contribution >= 4 is 44.8 Å². The van der Waals surface area contributed by atoms with Gasteiger partial charge in [-0.2, -0.15) is 13.5 Å². The Morgan fingerprint density at radius 2 is 1.93 bits per heavy atom. The number of aromatic nitrogens is 3. The summed E-state index contributed by atoms with van der Waals surface area (Å²) in [6.07, 6.45) is -5.43. The van der Waals surface area contributed by atoms with E-state index in [1.165, 1.54) is 16.2 Å². The van der Waals surface area contributed by atoms with Crippen molar-refractivity contribution in [1.29, 1.82) is 0 Å². The van der Waals surface area contributed by atoms with Crippen molar-refractivity contribution in [1.82, 2.24) is 19.7 Å². The van der Waals surface area contributed by atoms with E-state index in [0.29, 0.717) is 65.2 Å². The predicted octanol–water partition coefficient (Wildman–Crippen LogP) is 5.20. The van der Waals surface area contributed by atoms with E-state index in [1.54, 1.807) is 18.2 Å². The highest BCUT2D eigenvalue weighted by Crippen LogP contribution is 2.38. The number of amides is 1. The molecule has 0 spiro atoms. The Morgan fingerprint density at radius 3 is 2.60 bits per heavy atom. The van der Waals surface area contributed by atoms with Crippen LogP contribution < -0.4 is 4.90 Å². The van der Waals surface area contributed by atoms with Gasteiger partial charge in [0.15, 0.2) is 0 Å². The number of hydrogen-bond donors (Lipinski definition) is 1. The largest absolute Gasteiger partial charge is 0.351 e. The lowest BCUT2D eigenvalue weighted by Crippen LogP contribution is -2.40. The molecule has 2 fully saturated rings. The second-order valence-electron chi connectivity index (χ2n) is 10.00. The minimum absolute atomic E-state index is 0.0591. The predicted molar refractivity (Wildman–Crippen MR) is 146 cm³/mol. The van der Waals surface area contributed by atoms with Crippen LogP contribution in [-0.2, 0) is 31.9 Å². The average molecular weight is 652 g/mol. The maximum Gasteiger partial charge on any atom is 0.282 e. The molecule has 1 aromatic carbocycles. The maximum absolute atomic E-state index is 13.3. The van der Waals surface area contributed by atoms with Gasteiger partial charge in [-0.05, 0) is 30.5 Å². The standard InChI is InChI=1S/C25H26ClF4N5O5S2/c26-16-3-1-2-15(12-42(37,38)39)22(16)19-9-34(13-40-19)20-11-41-25(31-20)14-4-6-33(7-5-14)21(36)10-35-18(24(29)30)8-17(32-35)23(27)28/h1-3,8,11,14,19,23-24H,4-7,9-10,12-13H2,(H,37,38,39). The van der Waals surface area contributed by atoms with Gasteiger partial charge in [-0.15, -0.1) is 11.3 Å². The topological polar surface area (TPSA) is 118 Å². The molecule has 2 saturated heterocycles. The van der Waals surface area contributed by atoms with Crippen molar-refractivity contribution in [3.05, 3.63) is 62.2 Å². The first kappa shape index (κ1) is 30.7. The van der Waals surface area contributed by atoms with Gasteiger partial charge < -0.3 is 14.5 Å². The van der Waals surface area contributed by atoms with Crippen LogP contribution in [0.1, 0.15) is 65.2 Å². The third kappa shape index (κ3) is 6.88. The second-order valence-corrected chi connectivity index (χ2v) is 12.7. The number of carbonyl (C=O) groups is 1. The van der Waals surface area contributed by atoms with Crippen LogP contribution in [0.3, 0.4) is 0 Å². The third-order valence-electron chi connectivity index (χ3n) is 7.21. The number of ether oxygens (including phenoxy) is 1. The van der Waals surface area contributed by atoms with Gasteiger partial charge in [-0.3, -0.25) is 14.0 Å². The van der Waals surface area contributed by atoms with Crippen LogP contribution in [0.2, 0.25) is 5.02 Å². The lowest BCUT2D eigenvalue weighted by molar-refractivity contribution is -0.133. The molecule has 3 aromatic rings. The molecule has 1 atom stereocenters. The number of likely N-dealkylation sites (tertiary alicyclic amines) is 1. The summed E-state index contributed by atoms with van der Waals surface area (Å²) in [4.78, 5) is 20.9. The molecular formula is C25H26ClF4N5O5S2. The van der Waals surface area contributed by atoms with Gasteiger partial charge >= 0.3 is 0 Å². The summed E-state index contributed by atoms with van der Waals surface area (Å²) in [6.45, 7) is 0.705. The van der Waals surface area contributed by atoms with Gasteiger partial charge in [0.05, 0.1) is 11.6 Å². The monoisotopic (exact) mass is 651 g/mol. The third-order valence-corrected chi connectivity index (χ3v) is 9.21. The highest BCUT2D eigenvalue weighted by molar-refractivity contribution is 7.85. The van der Waals surface area contributed by atoms with Crippen LogP contribution in [0.15, 0.2) is 29.6 Å². The van der Waals surface area contributed by atoms with Crippen molar-refractivity contribution < 1.29 is 40.1 Å². The van der Waals surface area contributed by atoms with E-state index in [9.17, 15) is 35.3 Å². The van der Waals surface area contributed by atoms with Gasteiger partial charge in [0, 0.05) is 35.0 Å². The molecule has 2 aromatic heterocycles. The Hall–Kier alpha value is -2.79. The summed E-state index contributed by atoms with van der Waals surface area (Å²) in [5, 5.41) is 6.56. The fraction of sp³-hybridized carbons (Fsp3) is 0.480.